The zero-order chi connectivity index (χ0) is 11.5. The van der Waals surface area contributed by atoms with Gasteiger partial charge in [-0.3, -0.25) is 4.90 Å². The minimum absolute atomic E-state index is 0.346. The van der Waals surface area contributed by atoms with Crippen LogP contribution < -0.4 is 5.73 Å². The molecule has 88 valence electrons. The smallest absolute Gasteiger partial charge is 0.115 e. The van der Waals surface area contributed by atoms with Gasteiger partial charge in [0.15, 0.2) is 0 Å². The third-order valence-corrected chi connectivity index (χ3v) is 3.35. The van der Waals surface area contributed by atoms with Crippen LogP contribution in [0.25, 0.3) is 0 Å². The van der Waals surface area contributed by atoms with E-state index < -0.39 is 0 Å². The van der Waals surface area contributed by atoms with Crippen molar-refractivity contribution in [3.63, 3.8) is 0 Å². The first-order chi connectivity index (χ1) is 7.65. The number of nitrogens with zero attached hydrogens (tertiary/aromatic N) is 1. The van der Waals surface area contributed by atoms with Gasteiger partial charge in [0, 0.05) is 25.2 Å². The molecule has 1 saturated heterocycles. The van der Waals surface area contributed by atoms with Crippen molar-refractivity contribution in [2.75, 3.05) is 6.54 Å². The molecule has 3 nitrogen and oxygen atoms in total. The molecule has 1 aliphatic rings. The van der Waals surface area contributed by atoms with Gasteiger partial charge in [-0.15, -0.1) is 0 Å². The number of phenolic OH excluding ortho intramolecular Hbond substituents is 1. The van der Waals surface area contributed by atoms with Crippen LogP contribution in [0.5, 0.6) is 5.75 Å². The summed E-state index contributed by atoms with van der Waals surface area (Å²) in [5.41, 5.74) is 7.11. The molecule has 1 aromatic rings. The highest BCUT2D eigenvalue weighted by Crippen LogP contribution is 2.20. The quantitative estimate of drug-likeness (QED) is 0.797. The summed E-state index contributed by atoms with van der Waals surface area (Å²) in [6.07, 6.45) is 2.14. The average molecular weight is 220 g/mol. The lowest BCUT2D eigenvalue weighted by molar-refractivity contribution is 0.140. The van der Waals surface area contributed by atoms with Crippen molar-refractivity contribution in [3.05, 3.63) is 29.8 Å². The molecule has 0 saturated carbocycles. The number of phenols is 1. The summed E-state index contributed by atoms with van der Waals surface area (Å²) in [7, 11) is 0. The standard InChI is InChI=1S/C13H20N2O/c1-10-7-12(14)5-6-15(10)9-11-3-2-4-13(16)8-11/h2-4,8,10,12,16H,5-7,9,14H2,1H3. The third kappa shape index (κ3) is 2.74. The van der Waals surface area contributed by atoms with Gasteiger partial charge < -0.3 is 10.8 Å². The maximum absolute atomic E-state index is 9.41. The van der Waals surface area contributed by atoms with Crippen molar-refractivity contribution < 1.29 is 5.11 Å². The van der Waals surface area contributed by atoms with Crippen LogP contribution in [0.4, 0.5) is 0 Å². The fraction of sp³-hybridized carbons (Fsp3) is 0.538. The molecule has 2 atom stereocenters. The Morgan fingerprint density at radius 2 is 2.31 bits per heavy atom. The molecule has 2 unspecified atom stereocenters. The highest BCUT2D eigenvalue weighted by molar-refractivity contribution is 5.27. The number of rotatable bonds is 2. The predicted molar refractivity (Wildman–Crippen MR) is 65.2 cm³/mol. The highest BCUT2D eigenvalue weighted by Gasteiger charge is 2.22. The molecule has 2 rings (SSSR count). The number of hydrogen-bond donors (Lipinski definition) is 2. The number of nitrogens with two attached hydrogens (primary N) is 1. The summed E-state index contributed by atoms with van der Waals surface area (Å²) in [5, 5.41) is 9.41. The molecule has 3 N–H and O–H groups in total. The Balaban J connectivity index is 1.99. The fourth-order valence-corrected chi connectivity index (χ4v) is 2.38. The molecule has 0 aromatic heterocycles. The number of hydrogen-bond acceptors (Lipinski definition) is 3. The predicted octanol–water partition coefficient (Wildman–Crippen LogP) is 1.70. The summed E-state index contributed by atoms with van der Waals surface area (Å²) in [5.74, 6) is 0.346. The van der Waals surface area contributed by atoms with Crippen LogP contribution in [0.1, 0.15) is 25.3 Å². The van der Waals surface area contributed by atoms with E-state index in [1.165, 1.54) is 5.56 Å². The largest absolute Gasteiger partial charge is 0.508 e. The molecule has 16 heavy (non-hydrogen) atoms. The molecule has 1 heterocycles. The molecule has 0 amide bonds. The van der Waals surface area contributed by atoms with Crippen LogP contribution in [0.2, 0.25) is 0 Å². The molecule has 1 fully saturated rings. The second-order valence-electron chi connectivity index (χ2n) is 4.77. The Hall–Kier alpha value is -1.06. The van der Waals surface area contributed by atoms with Crippen LogP contribution >= 0.6 is 0 Å². The van der Waals surface area contributed by atoms with Crippen molar-refractivity contribution in [1.29, 1.82) is 0 Å². The number of aromatic hydroxyl groups is 1. The van der Waals surface area contributed by atoms with E-state index in [0.29, 0.717) is 17.8 Å². The molecular weight excluding hydrogens is 200 g/mol. The van der Waals surface area contributed by atoms with Gasteiger partial charge >= 0.3 is 0 Å². The van der Waals surface area contributed by atoms with E-state index in [9.17, 15) is 5.11 Å². The van der Waals surface area contributed by atoms with Crippen molar-refractivity contribution in [2.24, 2.45) is 5.73 Å². The minimum atomic E-state index is 0.346. The Kier molecular flexibility index (Phi) is 3.46. The molecule has 0 spiro atoms. The summed E-state index contributed by atoms with van der Waals surface area (Å²) in [6, 6.07) is 8.38. The first kappa shape index (κ1) is 11.4. The van der Waals surface area contributed by atoms with Gasteiger partial charge in [0.1, 0.15) is 5.75 Å². The normalized spacial score (nSPS) is 26.9. The highest BCUT2D eigenvalue weighted by atomic mass is 16.3. The Morgan fingerprint density at radius 1 is 1.50 bits per heavy atom. The van der Waals surface area contributed by atoms with Gasteiger partial charge in [0.2, 0.25) is 0 Å². The summed E-state index contributed by atoms with van der Waals surface area (Å²) < 4.78 is 0. The SMILES string of the molecule is CC1CC(N)CCN1Cc1cccc(O)c1. The summed E-state index contributed by atoms with van der Waals surface area (Å²) in [6.45, 7) is 4.18. The second kappa shape index (κ2) is 4.85. The van der Waals surface area contributed by atoms with E-state index >= 15 is 0 Å². The van der Waals surface area contributed by atoms with Gasteiger partial charge in [-0.25, -0.2) is 0 Å². The monoisotopic (exact) mass is 220 g/mol. The van der Waals surface area contributed by atoms with E-state index in [1.807, 2.05) is 12.1 Å². The van der Waals surface area contributed by atoms with Crippen LogP contribution in [-0.4, -0.2) is 28.6 Å². The topological polar surface area (TPSA) is 49.5 Å². The van der Waals surface area contributed by atoms with Crippen LogP contribution in [0.3, 0.4) is 0 Å². The zero-order valence-corrected chi connectivity index (χ0v) is 9.76. The number of likely N-dealkylation sites (tertiary alicyclic amines) is 1. The Morgan fingerprint density at radius 3 is 3.00 bits per heavy atom. The second-order valence-corrected chi connectivity index (χ2v) is 4.77. The lowest BCUT2D eigenvalue weighted by Crippen LogP contribution is -2.44. The van der Waals surface area contributed by atoms with Crippen molar-refractivity contribution in [3.8, 4) is 5.75 Å². The molecular formula is C13H20N2O. The average Bonchev–Trinajstić information content (AvgIpc) is 2.22. The van der Waals surface area contributed by atoms with Gasteiger partial charge in [-0.05, 0) is 37.5 Å². The minimum Gasteiger partial charge on any atom is -0.508 e. The van der Waals surface area contributed by atoms with E-state index in [4.69, 9.17) is 5.73 Å². The maximum atomic E-state index is 9.41. The molecule has 0 radical (unpaired) electrons. The zero-order valence-electron chi connectivity index (χ0n) is 9.76. The van der Waals surface area contributed by atoms with Crippen molar-refractivity contribution >= 4 is 0 Å². The van der Waals surface area contributed by atoms with Crippen LogP contribution in [0.15, 0.2) is 24.3 Å². The van der Waals surface area contributed by atoms with Crippen LogP contribution in [-0.2, 0) is 6.54 Å². The van der Waals surface area contributed by atoms with Crippen molar-refractivity contribution in [2.45, 2.75) is 38.4 Å². The lowest BCUT2D eigenvalue weighted by Gasteiger charge is -2.36. The Bertz CT molecular complexity index is 354. The molecule has 1 aliphatic heterocycles. The molecule has 0 bridgehead atoms. The van der Waals surface area contributed by atoms with E-state index in [-0.39, 0.29) is 0 Å². The first-order valence-electron chi connectivity index (χ1n) is 5.92. The lowest BCUT2D eigenvalue weighted by atomic mass is 9.98. The third-order valence-electron chi connectivity index (χ3n) is 3.35. The van der Waals surface area contributed by atoms with E-state index in [0.717, 1.165) is 25.9 Å². The Labute approximate surface area is 96.9 Å². The number of benzene rings is 1. The van der Waals surface area contributed by atoms with Gasteiger partial charge in [0.05, 0.1) is 0 Å². The maximum Gasteiger partial charge on any atom is 0.115 e. The van der Waals surface area contributed by atoms with E-state index in [2.05, 4.69) is 17.9 Å². The summed E-state index contributed by atoms with van der Waals surface area (Å²) in [4.78, 5) is 2.43. The first-order valence-corrected chi connectivity index (χ1v) is 5.92. The van der Waals surface area contributed by atoms with Gasteiger partial charge in [-0.2, -0.15) is 0 Å². The molecule has 1 aromatic carbocycles. The summed E-state index contributed by atoms with van der Waals surface area (Å²) >= 11 is 0. The number of piperidine rings is 1. The van der Waals surface area contributed by atoms with E-state index in [1.54, 1.807) is 6.07 Å². The fourth-order valence-electron chi connectivity index (χ4n) is 2.38. The van der Waals surface area contributed by atoms with Gasteiger partial charge in [-0.1, -0.05) is 12.1 Å². The van der Waals surface area contributed by atoms with Gasteiger partial charge in [0.25, 0.3) is 0 Å². The van der Waals surface area contributed by atoms with Crippen LogP contribution in [0, 0.1) is 0 Å². The molecule has 0 aliphatic carbocycles. The van der Waals surface area contributed by atoms with Crippen molar-refractivity contribution in [1.82, 2.24) is 4.90 Å². The molecule has 3 heteroatoms.